The van der Waals surface area contributed by atoms with Crippen molar-refractivity contribution in [3.05, 3.63) is 12.2 Å². The van der Waals surface area contributed by atoms with Crippen molar-refractivity contribution >= 4 is 11.9 Å². The predicted octanol–water partition coefficient (Wildman–Crippen LogP) is 6.04. The number of allylic oxidation sites excluding steroid dienone is 2. The molecule has 1 unspecified atom stereocenters. The maximum Gasteiger partial charge on any atom is 0.334 e. The number of carbonyl (C=O) groups is 2. The number of hydrogen-bond donors (Lipinski definition) is 2. The van der Waals surface area contributed by atoms with Crippen LogP contribution in [-0.4, -0.2) is 34.9 Å². The molecule has 0 aliphatic heterocycles. The average Bonchev–Trinajstić information content (AvgIpc) is 2.65. The molecule has 0 amide bonds. The molecule has 0 bridgehead atoms. The Balaban J connectivity index is 0. The fraction of sp³-hybridized carbons (Fsp3) is 0.826. The van der Waals surface area contributed by atoms with E-state index >= 15 is 0 Å². The number of aliphatic carboxylic acids is 1. The van der Waals surface area contributed by atoms with Gasteiger partial charge < -0.3 is 14.9 Å². The second kappa shape index (κ2) is 23.7. The molecule has 0 aromatic rings. The van der Waals surface area contributed by atoms with E-state index in [-0.39, 0.29) is 0 Å². The maximum absolute atomic E-state index is 10.3. The van der Waals surface area contributed by atoms with E-state index in [0.717, 1.165) is 12.8 Å². The largest absolute Gasteiger partial charge is 0.481 e. The Morgan fingerprint density at radius 2 is 1.29 bits per heavy atom. The number of hydrogen-bond acceptors (Lipinski definition) is 4. The highest BCUT2D eigenvalue weighted by molar-refractivity contribution is 5.73. The van der Waals surface area contributed by atoms with Gasteiger partial charge in [0.25, 0.3) is 0 Å². The number of carboxylic acids is 1. The van der Waals surface area contributed by atoms with E-state index in [1.54, 1.807) is 6.92 Å². The summed E-state index contributed by atoms with van der Waals surface area (Å²) in [6, 6.07) is 0. The van der Waals surface area contributed by atoms with E-state index in [4.69, 9.17) is 10.2 Å². The van der Waals surface area contributed by atoms with Gasteiger partial charge in [-0.15, -0.1) is 0 Å². The van der Waals surface area contributed by atoms with Crippen molar-refractivity contribution in [2.45, 2.75) is 117 Å². The van der Waals surface area contributed by atoms with Crippen molar-refractivity contribution in [1.29, 1.82) is 0 Å². The van der Waals surface area contributed by atoms with Crippen LogP contribution in [0.5, 0.6) is 0 Å². The molecule has 0 fully saturated rings. The average molecular weight is 401 g/mol. The third kappa shape index (κ3) is 26.9. The molecule has 0 rings (SSSR count). The normalized spacial score (nSPS) is 11.7. The minimum absolute atomic E-state index is 0.323. The highest BCUT2D eigenvalue weighted by Crippen LogP contribution is 2.09. The van der Waals surface area contributed by atoms with Crippen molar-refractivity contribution in [1.82, 2.24) is 0 Å². The molecule has 0 aliphatic rings. The van der Waals surface area contributed by atoms with Crippen molar-refractivity contribution in [3.8, 4) is 0 Å². The molecule has 0 heterocycles. The molecule has 0 aromatic carbocycles. The SMILES string of the molecule is CCCCCCCC/C=C\CCCCCCCC(=O)O.CCOC(=O)C(C)O. The fourth-order valence-corrected chi connectivity index (χ4v) is 2.61. The number of esters is 1. The van der Waals surface area contributed by atoms with Crippen molar-refractivity contribution in [3.63, 3.8) is 0 Å². The summed E-state index contributed by atoms with van der Waals surface area (Å²) in [4.78, 5) is 20.6. The van der Waals surface area contributed by atoms with Crippen LogP contribution in [0.15, 0.2) is 12.2 Å². The van der Waals surface area contributed by atoms with E-state index in [0.29, 0.717) is 13.0 Å². The molecule has 2 N–H and O–H groups in total. The summed E-state index contributed by atoms with van der Waals surface area (Å²) in [5.41, 5.74) is 0. The molecule has 0 aromatic heterocycles. The molecule has 5 heteroatoms. The van der Waals surface area contributed by atoms with Gasteiger partial charge in [-0.3, -0.25) is 4.79 Å². The lowest BCUT2D eigenvalue weighted by Crippen LogP contribution is -2.18. The molecule has 166 valence electrons. The highest BCUT2D eigenvalue weighted by Gasteiger charge is 2.07. The van der Waals surface area contributed by atoms with Gasteiger partial charge in [-0.2, -0.15) is 0 Å². The quantitative estimate of drug-likeness (QED) is 0.177. The Morgan fingerprint density at radius 1 is 0.821 bits per heavy atom. The zero-order valence-corrected chi connectivity index (χ0v) is 18.5. The molecule has 1 atom stereocenters. The Labute approximate surface area is 172 Å². The molecule has 28 heavy (non-hydrogen) atoms. The van der Waals surface area contributed by atoms with Crippen molar-refractivity contribution in [2.75, 3.05) is 6.61 Å². The van der Waals surface area contributed by atoms with E-state index in [9.17, 15) is 9.59 Å². The van der Waals surface area contributed by atoms with Crippen molar-refractivity contribution in [2.24, 2.45) is 0 Å². The van der Waals surface area contributed by atoms with Gasteiger partial charge in [-0.25, -0.2) is 4.79 Å². The van der Waals surface area contributed by atoms with E-state index in [1.807, 2.05) is 0 Å². The van der Waals surface area contributed by atoms with Crippen LogP contribution in [-0.2, 0) is 14.3 Å². The first-order valence-corrected chi connectivity index (χ1v) is 11.2. The van der Waals surface area contributed by atoms with Crippen LogP contribution in [0.25, 0.3) is 0 Å². The van der Waals surface area contributed by atoms with Crippen LogP contribution < -0.4 is 0 Å². The van der Waals surface area contributed by atoms with Crippen LogP contribution >= 0.6 is 0 Å². The highest BCUT2D eigenvalue weighted by atomic mass is 16.5. The lowest BCUT2D eigenvalue weighted by Gasteiger charge is -2.01. The second-order valence-electron chi connectivity index (χ2n) is 7.16. The first-order chi connectivity index (χ1) is 13.5. The Bertz CT molecular complexity index is 377. The van der Waals surface area contributed by atoms with E-state index in [1.165, 1.54) is 77.6 Å². The Morgan fingerprint density at radius 3 is 1.68 bits per heavy atom. The van der Waals surface area contributed by atoms with Gasteiger partial charge in [-0.1, -0.05) is 70.4 Å². The van der Waals surface area contributed by atoms with Crippen LogP contribution in [0.4, 0.5) is 0 Å². The summed E-state index contributed by atoms with van der Waals surface area (Å²) >= 11 is 0. The van der Waals surface area contributed by atoms with Gasteiger partial charge in [0.05, 0.1) is 6.61 Å². The number of ether oxygens (including phenoxy) is 1. The molecule has 0 aliphatic carbocycles. The second-order valence-corrected chi connectivity index (χ2v) is 7.16. The van der Waals surface area contributed by atoms with Crippen LogP contribution in [0.3, 0.4) is 0 Å². The molecule has 0 saturated carbocycles. The minimum atomic E-state index is -0.991. The van der Waals surface area contributed by atoms with Gasteiger partial charge in [-0.05, 0) is 46.0 Å². The van der Waals surface area contributed by atoms with Gasteiger partial charge in [0.2, 0.25) is 0 Å². The first-order valence-electron chi connectivity index (χ1n) is 11.2. The molecule has 5 nitrogen and oxygen atoms in total. The summed E-state index contributed by atoms with van der Waals surface area (Å²) in [6.45, 7) is 5.65. The number of unbranched alkanes of at least 4 members (excludes halogenated alkanes) is 11. The summed E-state index contributed by atoms with van der Waals surface area (Å²) in [7, 11) is 0. The summed E-state index contributed by atoms with van der Waals surface area (Å²) < 4.78 is 4.41. The predicted molar refractivity (Wildman–Crippen MR) is 115 cm³/mol. The monoisotopic (exact) mass is 400 g/mol. The van der Waals surface area contributed by atoms with E-state index < -0.39 is 18.0 Å². The Kier molecular flexibility index (Phi) is 24.4. The topological polar surface area (TPSA) is 83.8 Å². The molecular weight excluding hydrogens is 356 g/mol. The summed E-state index contributed by atoms with van der Waals surface area (Å²) in [5.74, 6) is -1.23. The van der Waals surface area contributed by atoms with Gasteiger partial charge in [0, 0.05) is 6.42 Å². The van der Waals surface area contributed by atoms with Crippen LogP contribution in [0, 0.1) is 0 Å². The number of carbonyl (C=O) groups excluding carboxylic acids is 1. The van der Waals surface area contributed by atoms with Crippen LogP contribution in [0.1, 0.15) is 111 Å². The summed E-state index contributed by atoms with van der Waals surface area (Å²) in [5, 5.41) is 17.0. The van der Waals surface area contributed by atoms with Crippen molar-refractivity contribution < 1.29 is 24.5 Å². The van der Waals surface area contributed by atoms with Gasteiger partial charge in [0.1, 0.15) is 6.10 Å². The number of aliphatic hydroxyl groups excluding tert-OH is 1. The number of aliphatic hydroxyl groups is 1. The fourth-order valence-electron chi connectivity index (χ4n) is 2.61. The first kappa shape index (κ1) is 28.8. The zero-order valence-electron chi connectivity index (χ0n) is 18.5. The standard InChI is InChI=1S/C18H34O2.C5H10O3/c1-2-3-4-5-6-7-8-9-10-11-12-13-14-15-16-17-18(19)20;1-3-8-5(7)4(2)6/h9-10H,2-8,11-17H2,1H3,(H,19,20);4,6H,3H2,1-2H3/b10-9-;. The lowest BCUT2D eigenvalue weighted by molar-refractivity contribution is -0.151. The van der Waals surface area contributed by atoms with Crippen LogP contribution in [0.2, 0.25) is 0 Å². The third-order valence-electron chi connectivity index (χ3n) is 4.28. The maximum atomic E-state index is 10.3. The van der Waals surface area contributed by atoms with Gasteiger partial charge >= 0.3 is 11.9 Å². The summed E-state index contributed by atoms with van der Waals surface area (Å²) in [6.07, 6.45) is 20.2. The number of rotatable bonds is 17. The zero-order chi connectivity index (χ0) is 21.5. The molecule has 0 saturated heterocycles. The molecule has 0 spiro atoms. The molecule has 0 radical (unpaired) electrons. The number of carboxylic acid groups (broad SMARTS) is 1. The lowest BCUT2D eigenvalue weighted by atomic mass is 10.1. The van der Waals surface area contributed by atoms with E-state index in [2.05, 4.69) is 23.8 Å². The Hall–Kier alpha value is -1.36. The molecular formula is C23H44O5. The van der Waals surface area contributed by atoms with Gasteiger partial charge in [0.15, 0.2) is 0 Å². The third-order valence-corrected chi connectivity index (χ3v) is 4.28. The smallest absolute Gasteiger partial charge is 0.334 e. The minimum Gasteiger partial charge on any atom is -0.481 e.